The first-order valence-electron chi connectivity index (χ1n) is 12.8. The molecule has 2 N–H and O–H groups in total. The number of nitrogens with zero attached hydrogens (tertiary/aromatic N) is 2. The molecule has 1 aliphatic rings. The van der Waals surface area contributed by atoms with Crippen LogP contribution in [0.1, 0.15) is 54.7 Å². The van der Waals surface area contributed by atoms with E-state index in [0.29, 0.717) is 4.57 Å². The smallest absolute Gasteiger partial charge is 0.425 e. The van der Waals surface area contributed by atoms with Crippen molar-refractivity contribution in [2.45, 2.75) is 78.8 Å². The Labute approximate surface area is 229 Å². The minimum atomic E-state index is -3.16. The third kappa shape index (κ3) is 7.13. The number of hydrogen-bond acceptors (Lipinski definition) is 12. The number of halogens is 1. The summed E-state index contributed by atoms with van der Waals surface area (Å²) in [6.45, 7) is 9.28. The maximum Gasteiger partial charge on any atom is 0.425 e. The zero-order valence-corrected chi connectivity index (χ0v) is 23.5. The molecule has 0 aliphatic carbocycles. The predicted octanol–water partition coefficient (Wildman–Crippen LogP) is 0.871. The Morgan fingerprint density at radius 2 is 1.57 bits per heavy atom. The average Bonchev–Trinajstić information content (AvgIpc) is 3.13. The van der Waals surface area contributed by atoms with Gasteiger partial charge in [0, 0.05) is 12.3 Å². The third-order valence-electron chi connectivity index (χ3n) is 5.90. The molecule has 5 atom stereocenters. The summed E-state index contributed by atoms with van der Waals surface area (Å²) in [5, 5.41) is 0. The van der Waals surface area contributed by atoms with Crippen molar-refractivity contribution in [3.05, 3.63) is 33.1 Å². The summed E-state index contributed by atoms with van der Waals surface area (Å²) in [4.78, 5) is 75.4. The molecule has 224 valence electrons. The molecular weight excluding hydrogens is 537 g/mol. The molecule has 0 unspecified atom stereocenters. The number of carbonyl (C=O) groups excluding carboxylic acids is 4. The van der Waals surface area contributed by atoms with Gasteiger partial charge in [0.05, 0.1) is 18.4 Å². The molecule has 0 aromatic carbocycles. The Kier molecular flexibility index (Phi) is 10.7. The van der Waals surface area contributed by atoms with E-state index in [0.717, 1.165) is 12.3 Å². The molecule has 0 spiro atoms. The Bertz CT molecular complexity index is 1230. The average molecular weight is 574 g/mol. The van der Waals surface area contributed by atoms with Gasteiger partial charge < -0.3 is 29.4 Å². The van der Waals surface area contributed by atoms with Crippen LogP contribution in [0.3, 0.4) is 0 Å². The zero-order valence-electron chi connectivity index (χ0n) is 23.5. The number of esters is 3. The van der Waals surface area contributed by atoms with Gasteiger partial charge in [-0.2, -0.15) is 4.57 Å². The molecule has 1 saturated heterocycles. The summed E-state index contributed by atoms with van der Waals surface area (Å²) in [5.74, 6) is -7.82. The molecule has 1 aliphatic heterocycles. The highest BCUT2D eigenvalue weighted by Crippen LogP contribution is 2.42. The zero-order chi connectivity index (χ0) is 30.5. The molecule has 40 heavy (non-hydrogen) atoms. The number of nitrogens with two attached hydrogens (primary N) is 1. The molecule has 1 aromatic rings. The Morgan fingerprint density at radius 1 is 1.00 bits per heavy atom. The number of ether oxygens (including phenoxy) is 5. The number of carbonyl (C=O) groups is 4. The van der Waals surface area contributed by atoms with Gasteiger partial charge in [-0.3, -0.25) is 23.7 Å². The van der Waals surface area contributed by atoms with E-state index >= 15 is 4.39 Å². The highest BCUT2D eigenvalue weighted by Gasteiger charge is 2.62. The van der Waals surface area contributed by atoms with Crippen molar-refractivity contribution in [2.75, 3.05) is 13.2 Å². The fourth-order valence-corrected chi connectivity index (χ4v) is 3.45. The number of alkyl halides is 1. The van der Waals surface area contributed by atoms with Gasteiger partial charge in [-0.1, -0.05) is 41.5 Å². The van der Waals surface area contributed by atoms with E-state index in [2.05, 4.69) is 0 Å². The van der Waals surface area contributed by atoms with Gasteiger partial charge >= 0.3 is 29.7 Å². The number of hydrogen-bond donors (Lipinski definition) is 1. The lowest BCUT2D eigenvalue weighted by Crippen LogP contribution is -2.50. The topological polar surface area (TPSA) is 184 Å². The van der Waals surface area contributed by atoms with Gasteiger partial charge in [0.15, 0.2) is 18.9 Å². The van der Waals surface area contributed by atoms with E-state index in [1.165, 1.54) is 34.6 Å². The van der Waals surface area contributed by atoms with E-state index in [4.69, 9.17) is 29.4 Å². The quantitative estimate of drug-likeness (QED) is 0.308. The summed E-state index contributed by atoms with van der Waals surface area (Å²) >= 11 is 0. The standard InChI is InChI=1S/C25H36FN3O11/c1-8-36-24(35)29-15(30)9-10-28(23(29)34)19-17(38-20(31)13(4)5)18(39-21(32)14(6)7)25(26,40-19)11-37-22(33)16(27)12(2)3/h9-10,12-14,16-19H,8,11,27H2,1-7H3/t16-,17+,18-,19+,25+/m0/s1. The van der Waals surface area contributed by atoms with E-state index in [-0.39, 0.29) is 17.1 Å². The fourth-order valence-electron chi connectivity index (χ4n) is 3.45. The highest BCUT2D eigenvalue weighted by molar-refractivity contribution is 5.76. The van der Waals surface area contributed by atoms with Crippen molar-refractivity contribution in [2.24, 2.45) is 23.5 Å². The second-order valence-corrected chi connectivity index (χ2v) is 10.1. The van der Waals surface area contributed by atoms with Crippen LogP contribution in [0.5, 0.6) is 0 Å². The Morgan fingerprint density at radius 3 is 2.10 bits per heavy atom. The normalized spacial score (nSPS) is 23.2. The summed E-state index contributed by atoms with van der Waals surface area (Å²) < 4.78 is 43.4. The lowest BCUT2D eigenvalue weighted by atomic mass is 10.1. The summed E-state index contributed by atoms with van der Waals surface area (Å²) in [7, 11) is 0. The summed E-state index contributed by atoms with van der Waals surface area (Å²) in [6.07, 6.45) is -6.19. The maximum absolute atomic E-state index is 16.6. The SMILES string of the molecule is CCOC(=O)n1c(=O)ccn([C@@H]2O[C@](F)(COC(=O)[C@@H](N)C(C)C)[C@@H](OC(=O)C(C)C)[C@H]2OC(=O)C(C)C)c1=O. The first-order valence-corrected chi connectivity index (χ1v) is 12.8. The molecule has 1 fully saturated rings. The van der Waals surface area contributed by atoms with E-state index in [9.17, 15) is 28.8 Å². The largest absolute Gasteiger partial charge is 0.458 e. The molecule has 0 saturated carbocycles. The summed E-state index contributed by atoms with van der Waals surface area (Å²) in [5.41, 5.74) is 3.40. The van der Waals surface area contributed by atoms with Gasteiger partial charge in [0.1, 0.15) is 6.04 Å². The molecule has 2 heterocycles. The van der Waals surface area contributed by atoms with E-state index in [1.54, 1.807) is 13.8 Å². The number of aromatic nitrogens is 2. The van der Waals surface area contributed by atoms with E-state index < -0.39 is 84.0 Å². The van der Waals surface area contributed by atoms with Crippen LogP contribution in [-0.4, -0.2) is 70.5 Å². The van der Waals surface area contributed by atoms with Crippen LogP contribution in [0.15, 0.2) is 21.9 Å². The van der Waals surface area contributed by atoms with E-state index in [1.807, 2.05) is 0 Å². The third-order valence-corrected chi connectivity index (χ3v) is 5.90. The van der Waals surface area contributed by atoms with Crippen LogP contribution < -0.4 is 17.0 Å². The highest BCUT2D eigenvalue weighted by atomic mass is 19.2. The Hall–Kier alpha value is -3.59. The van der Waals surface area contributed by atoms with Gasteiger partial charge in [-0.25, -0.2) is 14.0 Å². The summed E-state index contributed by atoms with van der Waals surface area (Å²) in [6, 6.07) is -0.319. The van der Waals surface area contributed by atoms with Crippen molar-refractivity contribution in [1.82, 2.24) is 9.13 Å². The molecule has 0 amide bonds. The van der Waals surface area contributed by atoms with Crippen LogP contribution in [0.2, 0.25) is 0 Å². The van der Waals surface area contributed by atoms with Crippen LogP contribution >= 0.6 is 0 Å². The molecule has 1 aromatic heterocycles. The van der Waals surface area contributed by atoms with Crippen LogP contribution in [0.25, 0.3) is 0 Å². The van der Waals surface area contributed by atoms with Crippen molar-refractivity contribution in [3.8, 4) is 0 Å². The lowest BCUT2D eigenvalue weighted by Gasteiger charge is -2.28. The molecule has 2 rings (SSSR count). The molecular formula is C25H36FN3O11. The second-order valence-electron chi connectivity index (χ2n) is 10.1. The lowest BCUT2D eigenvalue weighted by molar-refractivity contribution is -0.226. The van der Waals surface area contributed by atoms with Crippen molar-refractivity contribution < 1.29 is 47.3 Å². The van der Waals surface area contributed by atoms with Crippen LogP contribution in [0, 0.1) is 17.8 Å². The molecule has 0 bridgehead atoms. The minimum absolute atomic E-state index is 0.128. The minimum Gasteiger partial charge on any atom is -0.458 e. The Balaban J connectivity index is 2.68. The molecule has 0 radical (unpaired) electrons. The predicted molar refractivity (Wildman–Crippen MR) is 135 cm³/mol. The molecule has 15 heteroatoms. The van der Waals surface area contributed by atoms with Gasteiger partial charge in [-0.05, 0) is 12.8 Å². The number of rotatable bonds is 10. The first kappa shape index (κ1) is 32.6. The monoisotopic (exact) mass is 573 g/mol. The van der Waals surface area contributed by atoms with Crippen molar-refractivity contribution in [3.63, 3.8) is 0 Å². The van der Waals surface area contributed by atoms with Crippen LogP contribution in [0.4, 0.5) is 9.18 Å². The first-order chi connectivity index (χ1) is 18.5. The van der Waals surface area contributed by atoms with Crippen molar-refractivity contribution in [1.29, 1.82) is 0 Å². The fraction of sp³-hybridized carbons (Fsp3) is 0.680. The van der Waals surface area contributed by atoms with Gasteiger partial charge in [0.25, 0.3) is 11.4 Å². The van der Waals surface area contributed by atoms with Gasteiger partial charge in [-0.15, -0.1) is 0 Å². The molecule has 14 nitrogen and oxygen atoms in total. The second kappa shape index (κ2) is 13.2. The maximum atomic E-state index is 16.6. The van der Waals surface area contributed by atoms with Gasteiger partial charge in [0.2, 0.25) is 6.10 Å². The van der Waals surface area contributed by atoms with Crippen LogP contribution in [-0.2, 0) is 38.1 Å². The van der Waals surface area contributed by atoms with Crippen molar-refractivity contribution >= 4 is 24.0 Å².